The Hall–Kier alpha value is -2.78. The zero-order valence-corrected chi connectivity index (χ0v) is 19.2. The predicted octanol–water partition coefficient (Wildman–Crippen LogP) is 6.87. The summed E-state index contributed by atoms with van der Waals surface area (Å²) in [6.07, 6.45) is -4.40. The zero-order chi connectivity index (χ0) is 23.6. The first kappa shape index (κ1) is 23.4. The van der Waals surface area contributed by atoms with E-state index in [2.05, 4.69) is 0 Å². The molecule has 1 aliphatic heterocycles. The van der Waals surface area contributed by atoms with Crippen LogP contribution in [0.25, 0.3) is 0 Å². The van der Waals surface area contributed by atoms with Gasteiger partial charge in [0, 0.05) is 27.0 Å². The molecule has 3 aromatic rings. The molecule has 0 spiro atoms. The van der Waals surface area contributed by atoms with Gasteiger partial charge in [-0.2, -0.15) is 13.2 Å². The van der Waals surface area contributed by atoms with Crippen molar-refractivity contribution in [2.24, 2.45) is 0 Å². The SMILES string of the molecule is Cc1cc(SCCN2c3ccccc3Sc3ccc(C(F)(F)F)cc32)ccc1OCC(=O)O. The summed E-state index contributed by atoms with van der Waals surface area (Å²) in [4.78, 5) is 15.4. The van der Waals surface area contributed by atoms with Crippen LogP contribution in [0.1, 0.15) is 11.1 Å². The molecule has 0 aliphatic carbocycles. The summed E-state index contributed by atoms with van der Waals surface area (Å²) in [5.74, 6) is 0.114. The van der Waals surface area contributed by atoms with E-state index < -0.39 is 24.3 Å². The second-order valence-electron chi connectivity index (χ2n) is 7.36. The lowest BCUT2D eigenvalue weighted by atomic mass is 10.1. The smallest absolute Gasteiger partial charge is 0.416 e. The average Bonchev–Trinajstić information content (AvgIpc) is 2.77. The Morgan fingerprint density at radius 2 is 1.82 bits per heavy atom. The lowest BCUT2D eigenvalue weighted by molar-refractivity contribution is -0.139. The van der Waals surface area contributed by atoms with Crippen LogP contribution in [0.5, 0.6) is 5.75 Å². The van der Waals surface area contributed by atoms with Gasteiger partial charge in [0.1, 0.15) is 5.75 Å². The molecule has 1 aliphatic rings. The normalized spacial score (nSPS) is 12.8. The Bertz CT molecular complexity index is 1180. The minimum absolute atomic E-state index is 0.404. The number of nitrogens with zero attached hydrogens (tertiary/aromatic N) is 1. The minimum Gasteiger partial charge on any atom is -0.482 e. The van der Waals surface area contributed by atoms with Crippen LogP contribution in [0.4, 0.5) is 24.5 Å². The lowest BCUT2D eigenvalue weighted by Crippen LogP contribution is -2.24. The number of carboxylic acid groups (broad SMARTS) is 1. The molecule has 0 saturated carbocycles. The molecule has 4 nitrogen and oxygen atoms in total. The number of fused-ring (bicyclic) bond motifs is 2. The van der Waals surface area contributed by atoms with Gasteiger partial charge in [0.05, 0.1) is 16.9 Å². The number of anilines is 2. The number of rotatable bonds is 7. The molecule has 3 aromatic carbocycles. The van der Waals surface area contributed by atoms with Crippen LogP contribution in [0.15, 0.2) is 75.4 Å². The highest BCUT2D eigenvalue weighted by Gasteiger charge is 2.33. The Kier molecular flexibility index (Phi) is 6.81. The molecule has 0 amide bonds. The third-order valence-corrected chi connectivity index (χ3v) is 7.14. The second kappa shape index (κ2) is 9.61. The van der Waals surface area contributed by atoms with Gasteiger partial charge in [-0.05, 0) is 61.0 Å². The highest BCUT2D eigenvalue weighted by molar-refractivity contribution is 8.00. The number of para-hydroxylation sites is 1. The van der Waals surface area contributed by atoms with Crippen molar-refractivity contribution in [3.8, 4) is 5.75 Å². The van der Waals surface area contributed by atoms with E-state index in [4.69, 9.17) is 9.84 Å². The van der Waals surface area contributed by atoms with E-state index in [1.54, 1.807) is 17.8 Å². The Labute approximate surface area is 197 Å². The van der Waals surface area contributed by atoms with Gasteiger partial charge in [0.2, 0.25) is 0 Å². The number of hydrogen-bond acceptors (Lipinski definition) is 5. The van der Waals surface area contributed by atoms with Crippen molar-refractivity contribution in [2.45, 2.75) is 27.8 Å². The number of hydrogen-bond donors (Lipinski definition) is 1. The summed E-state index contributed by atoms with van der Waals surface area (Å²) in [7, 11) is 0. The number of carboxylic acids is 1. The van der Waals surface area contributed by atoms with Gasteiger partial charge in [-0.3, -0.25) is 0 Å². The summed E-state index contributed by atoms with van der Waals surface area (Å²) >= 11 is 3.05. The first-order valence-electron chi connectivity index (χ1n) is 10.1. The van der Waals surface area contributed by atoms with Gasteiger partial charge in [-0.1, -0.05) is 23.9 Å². The van der Waals surface area contributed by atoms with E-state index in [1.807, 2.05) is 48.2 Å². The molecule has 172 valence electrons. The highest BCUT2D eigenvalue weighted by atomic mass is 32.2. The highest BCUT2D eigenvalue weighted by Crippen LogP contribution is 2.49. The van der Waals surface area contributed by atoms with Gasteiger partial charge < -0.3 is 14.7 Å². The summed E-state index contributed by atoms with van der Waals surface area (Å²) in [5.41, 5.74) is 1.61. The van der Waals surface area contributed by atoms with Crippen LogP contribution in [0, 0.1) is 6.92 Å². The van der Waals surface area contributed by atoms with Crippen LogP contribution in [0.2, 0.25) is 0 Å². The van der Waals surface area contributed by atoms with Gasteiger partial charge >= 0.3 is 12.1 Å². The molecule has 1 heterocycles. The molecule has 0 bridgehead atoms. The van der Waals surface area contributed by atoms with Crippen molar-refractivity contribution >= 4 is 40.9 Å². The number of aryl methyl sites for hydroxylation is 1. The van der Waals surface area contributed by atoms with Crippen LogP contribution < -0.4 is 9.64 Å². The second-order valence-corrected chi connectivity index (χ2v) is 9.61. The summed E-state index contributed by atoms with van der Waals surface area (Å²) in [6, 6.07) is 17.1. The predicted molar refractivity (Wildman–Crippen MR) is 124 cm³/mol. The molecule has 33 heavy (non-hydrogen) atoms. The summed E-state index contributed by atoms with van der Waals surface area (Å²) < 4.78 is 45.3. The number of halogens is 3. The molecular formula is C24H20F3NO3S2. The molecule has 0 unspecified atom stereocenters. The maximum absolute atomic E-state index is 13.4. The molecule has 0 atom stereocenters. The van der Waals surface area contributed by atoms with Crippen molar-refractivity contribution in [2.75, 3.05) is 23.8 Å². The number of benzene rings is 3. The summed E-state index contributed by atoms with van der Waals surface area (Å²) in [5, 5.41) is 8.76. The average molecular weight is 492 g/mol. The van der Waals surface area contributed by atoms with Crippen molar-refractivity contribution in [1.82, 2.24) is 0 Å². The van der Waals surface area contributed by atoms with E-state index >= 15 is 0 Å². The van der Waals surface area contributed by atoms with Crippen molar-refractivity contribution in [3.63, 3.8) is 0 Å². The van der Waals surface area contributed by atoms with E-state index in [0.717, 1.165) is 32.0 Å². The fourth-order valence-electron chi connectivity index (χ4n) is 3.51. The largest absolute Gasteiger partial charge is 0.482 e. The van der Waals surface area contributed by atoms with Crippen LogP contribution >= 0.6 is 23.5 Å². The Balaban J connectivity index is 1.52. The Morgan fingerprint density at radius 3 is 2.55 bits per heavy atom. The topological polar surface area (TPSA) is 49.8 Å². The molecule has 4 rings (SSSR count). The summed E-state index contributed by atoms with van der Waals surface area (Å²) in [6.45, 7) is 1.96. The van der Waals surface area contributed by atoms with Gasteiger partial charge in [-0.15, -0.1) is 11.8 Å². The maximum atomic E-state index is 13.4. The minimum atomic E-state index is -4.40. The number of alkyl halides is 3. The number of thioether (sulfide) groups is 1. The third-order valence-electron chi connectivity index (χ3n) is 5.03. The first-order chi connectivity index (χ1) is 15.7. The van der Waals surface area contributed by atoms with Crippen LogP contribution in [0.3, 0.4) is 0 Å². The van der Waals surface area contributed by atoms with Gasteiger partial charge in [0.25, 0.3) is 0 Å². The number of aliphatic carboxylic acids is 1. The van der Waals surface area contributed by atoms with Crippen molar-refractivity contribution < 1.29 is 27.8 Å². The molecule has 0 radical (unpaired) electrons. The van der Waals surface area contributed by atoms with Crippen molar-refractivity contribution in [1.29, 1.82) is 0 Å². The molecule has 0 aromatic heterocycles. The standard InChI is InChI=1S/C24H20F3NO3S2/c1-15-12-17(7-8-20(15)31-14-23(29)30)32-11-10-28-18-4-2-3-5-21(18)33-22-9-6-16(13-19(22)28)24(25,26)27/h2-9,12-13H,10-11,14H2,1H3,(H,29,30). The zero-order valence-electron chi connectivity index (χ0n) is 17.6. The van der Waals surface area contributed by atoms with Gasteiger partial charge in [-0.25, -0.2) is 4.79 Å². The quantitative estimate of drug-likeness (QED) is 0.364. The third kappa shape index (κ3) is 5.42. The lowest BCUT2D eigenvalue weighted by Gasteiger charge is -2.33. The molecule has 1 N–H and O–H groups in total. The maximum Gasteiger partial charge on any atom is 0.416 e. The van der Waals surface area contributed by atoms with E-state index in [-0.39, 0.29) is 0 Å². The fraction of sp³-hybridized carbons (Fsp3) is 0.208. The van der Waals surface area contributed by atoms with E-state index in [0.29, 0.717) is 23.7 Å². The monoisotopic (exact) mass is 491 g/mol. The van der Waals surface area contributed by atoms with E-state index in [1.165, 1.54) is 23.9 Å². The first-order valence-corrected chi connectivity index (χ1v) is 11.9. The fourth-order valence-corrected chi connectivity index (χ4v) is 5.52. The molecular weight excluding hydrogens is 471 g/mol. The molecule has 0 fully saturated rings. The molecule has 0 saturated heterocycles. The Morgan fingerprint density at radius 1 is 1.06 bits per heavy atom. The van der Waals surface area contributed by atoms with Crippen LogP contribution in [-0.2, 0) is 11.0 Å². The van der Waals surface area contributed by atoms with Crippen LogP contribution in [-0.4, -0.2) is 30.0 Å². The molecule has 9 heteroatoms. The number of ether oxygens (including phenoxy) is 1. The van der Waals surface area contributed by atoms with Crippen molar-refractivity contribution in [3.05, 3.63) is 71.8 Å². The van der Waals surface area contributed by atoms with Gasteiger partial charge in [0.15, 0.2) is 6.61 Å². The number of carbonyl (C=O) groups is 1. The van der Waals surface area contributed by atoms with E-state index in [9.17, 15) is 18.0 Å².